The lowest BCUT2D eigenvalue weighted by Gasteiger charge is -2.14. The van der Waals surface area contributed by atoms with E-state index >= 15 is 0 Å². The number of amides is 1. The van der Waals surface area contributed by atoms with Gasteiger partial charge in [-0.15, -0.1) is 11.3 Å². The molecule has 1 heterocycles. The van der Waals surface area contributed by atoms with Crippen LogP contribution in [0, 0.1) is 5.92 Å². The number of nitrogens with one attached hydrogen (secondary N) is 1. The third-order valence-electron chi connectivity index (χ3n) is 5.22. The first kappa shape index (κ1) is 24.1. The molecule has 0 spiro atoms. The molecule has 0 saturated heterocycles. The lowest BCUT2D eigenvalue weighted by Crippen LogP contribution is -2.30. The van der Waals surface area contributed by atoms with E-state index in [0.717, 1.165) is 52.1 Å². The summed E-state index contributed by atoms with van der Waals surface area (Å²) in [6, 6.07) is 15.5. The number of hydrogen-bond donors (Lipinski definition) is 1. The third-order valence-corrected chi connectivity index (χ3v) is 7.46. The molecule has 0 saturated carbocycles. The summed E-state index contributed by atoms with van der Waals surface area (Å²) in [4.78, 5) is 14.8. The number of halogens is 3. The largest absolute Gasteiger partial charge is 0.351 e. The van der Waals surface area contributed by atoms with Crippen molar-refractivity contribution in [3.05, 3.63) is 68.5 Å². The number of carbonyl (C=O) groups excluding carboxylic acids is 1. The van der Waals surface area contributed by atoms with Crippen LogP contribution in [0.4, 0.5) is 0 Å². The minimum Gasteiger partial charge on any atom is -0.351 e. The van der Waals surface area contributed by atoms with E-state index in [1.807, 2.05) is 36.4 Å². The zero-order valence-electron chi connectivity index (χ0n) is 17.7. The molecular weight excluding hydrogens is 469 g/mol. The molecule has 0 aliphatic heterocycles. The van der Waals surface area contributed by atoms with Gasteiger partial charge in [0, 0.05) is 31.8 Å². The summed E-state index contributed by atoms with van der Waals surface area (Å²) in [6.07, 6.45) is 3.86. The summed E-state index contributed by atoms with van der Waals surface area (Å²) >= 11 is 20.5. The van der Waals surface area contributed by atoms with Crippen molar-refractivity contribution >= 4 is 52.0 Å². The first-order chi connectivity index (χ1) is 14.9. The van der Waals surface area contributed by atoms with Gasteiger partial charge in [0.05, 0.1) is 16.6 Å². The van der Waals surface area contributed by atoms with Crippen molar-refractivity contribution in [2.45, 2.75) is 46.1 Å². The van der Waals surface area contributed by atoms with Gasteiger partial charge in [-0.05, 0) is 42.7 Å². The Bertz CT molecular complexity index is 1020. The lowest BCUT2D eigenvalue weighted by molar-refractivity contribution is -0.125. The smallest absolute Gasteiger partial charge is 0.223 e. The van der Waals surface area contributed by atoms with Gasteiger partial charge in [-0.3, -0.25) is 4.79 Å². The average molecular weight is 495 g/mol. The molecule has 6 heteroatoms. The van der Waals surface area contributed by atoms with E-state index in [1.165, 1.54) is 0 Å². The first-order valence-corrected chi connectivity index (χ1v) is 12.5. The highest BCUT2D eigenvalue weighted by molar-refractivity contribution is 7.16. The average Bonchev–Trinajstić information content (AvgIpc) is 3.18. The van der Waals surface area contributed by atoms with Crippen LogP contribution < -0.4 is 5.32 Å². The van der Waals surface area contributed by atoms with E-state index in [2.05, 4.69) is 25.2 Å². The summed E-state index contributed by atoms with van der Waals surface area (Å²) in [5.74, 6) is 0.208. The minimum atomic E-state index is 0.0764. The molecule has 31 heavy (non-hydrogen) atoms. The highest BCUT2D eigenvalue weighted by Gasteiger charge is 2.19. The number of carbonyl (C=O) groups is 1. The number of thiophene rings is 1. The Labute approximate surface area is 203 Å². The third kappa shape index (κ3) is 6.04. The highest BCUT2D eigenvalue weighted by Crippen LogP contribution is 2.44. The molecule has 0 aliphatic rings. The molecule has 2 aromatic carbocycles. The zero-order valence-corrected chi connectivity index (χ0v) is 20.8. The summed E-state index contributed by atoms with van der Waals surface area (Å²) < 4.78 is 0. The molecule has 0 fully saturated rings. The van der Waals surface area contributed by atoms with Crippen LogP contribution in [0.5, 0.6) is 0 Å². The highest BCUT2D eigenvalue weighted by atomic mass is 35.5. The maximum Gasteiger partial charge on any atom is 0.223 e. The summed E-state index contributed by atoms with van der Waals surface area (Å²) in [7, 11) is 0. The summed E-state index contributed by atoms with van der Waals surface area (Å²) in [6.45, 7) is 4.73. The van der Waals surface area contributed by atoms with Gasteiger partial charge in [0.2, 0.25) is 5.91 Å². The molecule has 3 aromatic rings. The van der Waals surface area contributed by atoms with Gasteiger partial charge in [0.1, 0.15) is 0 Å². The fourth-order valence-electron chi connectivity index (χ4n) is 3.67. The van der Waals surface area contributed by atoms with E-state index in [1.54, 1.807) is 17.4 Å². The normalized spacial score (nSPS) is 11.2. The van der Waals surface area contributed by atoms with Crippen LogP contribution in [0.3, 0.4) is 0 Å². The number of hydrogen-bond acceptors (Lipinski definition) is 2. The van der Waals surface area contributed by atoms with Crippen LogP contribution in [0.15, 0.2) is 48.5 Å². The van der Waals surface area contributed by atoms with Gasteiger partial charge in [0.15, 0.2) is 0 Å². The molecule has 1 amide bonds. The van der Waals surface area contributed by atoms with E-state index < -0.39 is 0 Å². The van der Waals surface area contributed by atoms with Crippen LogP contribution >= 0.6 is 46.1 Å². The monoisotopic (exact) mass is 493 g/mol. The molecule has 0 radical (unpaired) electrons. The molecular formula is C25H26Cl3NOS. The van der Waals surface area contributed by atoms with Crippen molar-refractivity contribution in [3.63, 3.8) is 0 Å². The van der Waals surface area contributed by atoms with Crippen molar-refractivity contribution < 1.29 is 4.79 Å². The molecule has 0 unspecified atom stereocenters. The van der Waals surface area contributed by atoms with Crippen LogP contribution in [0.1, 0.15) is 44.4 Å². The van der Waals surface area contributed by atoms with Crippen molar-refractivity contribution in [3.8, 4) is 21.6 Å². The molecule has 0 aliphatic carbocycles. The van der Waals surface area contributed by atoms with Crippen LogP contribution in [0.2, 0.25) is 15.1 Å². The van der Waals surface area contributed by atoms with E-state index in [9.17, 15) is 4.79 Å². The standard InChI is InChI=1S/C25H26Cl3NOS/c1-3-6-17(7-4-2)25(30)29-15-19-14-21(16-10-12-18(26)13-11-16)24(31-19)20-8-5-9-22(27)23(20)28/h5,8-14,17H,3-4,6-7,15H2,1-2H3,(H,29,30). The Hall–Kier alpha value is -1.52. The predicted octanol–water partition coefficient (Wildman–Crippen LogP) is 8.87. The van der Waals surface area contributed by atoms with Gasteiger partial charge in [0.25, 0.3) is 0 Å². The summed E-state index contributed by atoms with van der Waals surface area (Å²) in [5.41, 5.74) is 2.98. The maximum absolute atomic E-state index is 12.7. The van der Waals surface area contributed by atoms with Crippen LogP contribution in [-0.4, -0.2) is 5.91 Å². The van der Waals surface area contributed by atoms with Crippen molar-refractivity contribution in [1.82, 2.24) is 5.32 Å². The SMILES string of the molecule is CCCC(CCC)C(=O)NCc1cc(-c2ccc(Cl)cc2)c(-c2cccc(Cl)c2Cl)s1. The lowest BCUT2D eigenvalue weighted by atomic mass is 9.97. The fourth-order valence-corrected chi connectivity index (χ4v) is 5.40. The fraction of sp³-hybridized carbons (Fsp3) is 0.320. The van der Waals surface area contributed by atoms with Gasteiger partial charge < -0.3 is 5.32 Å². The van der Waals surface area contributed by atoms with Crippen LogP contribution in [0.25, 0.3) is 21.6 Å². The van der Waals surface area contributed by atoms with Gasteiger partial charge >= 0.3 is 0 Å². The quantitative estimate of drug-likeness (QED) is 0.316. The molecule has 1 N–H and O–H groups in total. The zero-order chi connectivity index (χ0) is 22.4. The predicted molar refractivity (Wildman–Crippen MR) is 135 cm³/mol. The number of rotatable bonds is 9. The van der Waals surface area contributed by atoms with E-state index in [4.69, 9.17) is 34.8 Å². The summed E-state index contributed by atoms with van der Waals surface area (Å²) in [5, 5.41) is 4.88. The topological polar surface area (TPSA) is 29.1 Å². The Morgan fingerprint density at radius 1 is 0.968 bits per heavy atom. The van der Waals surface area contributed by atoms with E-state index in [-0.39, 0.29) is 11.8 Å². The second-order valence-corrected chi connectivity index (χ2v) is 9.91. The van der Waals surface area contributed by atoms with Gasteiger partial charge in [-0.1, -0.05) is 85.8 Å². The maximum atomic E-state index is 12.7. The van der Waals surface area contributed by atoms with Crippen molar-refractivity contribution in [2.24, 2.45) is 5.92 Å². The van der Waals surface area contributed by atoms with Crippen molar-refractivity contribution in [2.75, 3.05) is 0 Å². The molecule has 2 nitrogen and oxygen atoms in total. The second kappa shape index (κ2) is 11.4. The van der Waals surface area contributed by atoms with Gasteiger partial charge in [-0.2, -0.15) is 0 Å². The van der Waals surface area contributed by atoms with E-state index in [0.29, 0.717) is 21.6 Å². The molecule has 164 valence electrons. The van der Waals surface area contributed by atoms with Crippen LogP contribution in [-0.2, 0) is 11.3 Å². The Morgan fingerprint density at radius 2 is 1.65 bits per heavy atom. The molecule has 3 rings (SSSR count). The molecule has 0 atom stereocenters. The first-order valence-electron chi connectivity index (χ1n) is 10.5. The minimum absolute atomic E-state index is 0.0764. The Morgan fingerprint density at radius 3 is 2.29 bits per heavy atom. The molecule has 1 aromatic heterocycles. The molecule has 0 bridgehead atoms. The Kier molecular flexibility index (Phi) is 8.85. The van der Waals surface area contributed by atoms with Crippen molar-refractivity contribution in [1.29, 1.82) is 0 Å². The number of benzene rings is 2. The van der Waals surface area contributed by atoms with Gasteiger partial charge in [-0.25, -0.2) is 0 Å². The second-order valence-electron chi connectivity index (χ2n) is 7.56. The Balaban J connectivity index is 1.93.